The molecular formula is C15H10F2N4. The summed E-state index contributed by atoms with van der Waals surface area (Å²) in [5.41, 5.74) is 1.33. The van der Waals surface area contributed by atoms with Gasteiger partial charge in [-0.25, -0.2) is 8.78 Å². The van der Waals surface area contributed by atoms with Crippen LogP contribution >= 0.6 is 0 Å². The Balaban J connectivity index is 1.89. The van der Waals surface area contributed by atoms with Crippen molar-refractivity contribution >= 4 is 16.6 Å². The van der Waals surface area contributed by atoms with Crippen LogP contribution in [0.4, 0.5) is 14.5 Å². The first kappa shape index (κ1) is 13.1. The van der Waals surface area contributed by atoms with E-state index in [1.165, 1.54) is 0 Å². The maximum absolute atomic E-state index is 13.8. The second kappa shape index (κ2) is 5.21. The predicted molar refractivity (Wildman–Crippen MR) is 74.5 cm³/mol. The van der Waals surface area contributed by atoms with Gasteiger partial charge in [0.15, 0.2) is 0 Å². The highest BCUT2D eigenvalue weighted by Gasteiger charge is 2.12. The summed E-state index contributed by atoms with van der Waals surface area (Å²) in [6, 6.07) is 9.26. The first-order valence-electron chi connectivity index (χ1n) is 6.23. The normalized spacial score (nSPS) is 10.5. The summed E-state index contributed by atoms with van der Waals surface area (Å²) in [6.45, 7) is -0.0263. The minimum atomic E-state index is -0.740. The lowest BCUT2D eigenvalue weighted by Crippen LogP contribution is -2.05. The number of hydrogen-bond acceptors (Lipinski definition) is 3. The predicted octanol–water partition coefficient (Wildman–Crippen LogP) is 3.32. The van der Waals surface area contributed by atoms with Crippen molar-refractivity contribution in [2.24, 2.45) is 0 Å². The SMILES string of the molecule is N#Cc1cc(F)c(CNc2cccc3cn[nH]c23)c(F)c1. The van der Waals surface area contributed by atoms with E-state index in [0.29, 0.717) is 5.69 Å². The number of nitriles is 1. The first-order valence-corrected chi connectivity index (χ1v) is 6.23. The number of fused-ring (bicyclic) bond motifs is 1. The maximum Gasteiger partial charge on any atom is 0.132 e. The molecule has 21 heavy (non-hydrogen) atoms. The lowest BCUT2D eigenvalue weighted by atomic mass is 10.1. The van der Waals surface area contributed by atoms with Crippen LogP contribution < -0.4 is 5.32 Å². The van der Waals surface area contributed by atoms with Crippen LogP contribution in [0.3, 0.4) is 0 Å². The third-order valence-corrected chi connectivity index (χ3v) is 3.20. The van der Waals surface area contributed by atoms with Gasteiger partial charge in [0.2, 0.25) is 0 Å². The molecule has 0 fully saturated rings. The minimum absolute atomic E-state index is 0.0263. The molecule has 0 saturated carbocycles. The molecule has 3 rings (SSSR count). The molecule has 0 unspecified atom stereocenters. The fourth-order valence-corrected chi connectivity index (χ4v) is 2.14. The van der Waals surface area contributed by atoms with Crippen LogP contribution in [0.5, 0.6) is 0 Å². The van der Waals surface area contributed by atoms with E-state index in [4.69, 9.17) is 5.26 Å². The highest BCUT2D eigenvalue weighted by molar-refractivity contribution is 5.89. The van der Waals surface area contributed by atoms with Crippen LogP contribution in [0, 0.1) is 23.0 Å². The van der Waals surface area contributed by atoms with Crippen LogP contribution in [0.1, 0.15) is 11.1 Å². The number of nitrogens with one attached hydrogen (secondary N) is 2. The molecule has 0 atom stereocenters. The number of benzene rings is 2. The molecule has 0 aliphatic rings. The van der Waals surface area contributed by atoms with Crippen LogP contribution in [0.25, 0.3) is 10.9 Å². The van der Waals surface area contributed by atoms with Gasteiger partial charge in [-0.3, -0.25) is 5.10 Å². The quantitative estimate of drug-likeness (QED) is 0.775. The Kier molecular flexibility index (Phi) is 3.24. The molecule has 0 bridgehead atoms. The van der Waals surface area contributed by atoms with Crippen molar-refractivity contribution in [2.45, 2.75) is 6.54 Å². The average Bonchev–Trinajstić information content (AvgIpc) is 2.95. The second-order valence-electron chi connectivity index (χ2n) is 4.52. The van der Waals surface area contributed by atoms with E-state index in [9.17, 15) is 8.78 Å². The highest BCUT2D eigenvalue weighted by atomic mass is 19.1. The summed E-state index contributed by atoms with van der Waals surface area (Å²) >= 11 is 0. The fourth-order valence-electron chi connectivity index (χ4n) is 2.14. The van der Waals surface area contributed by atoms with Crippen LogP contribution in [0.2, 0.25) is 0 Å². The summed E-state index contributed by atoms with van der Waals surface area (Å²) in [5, 5.41) is 19.3. The molecule has 6 heteroatoms. The van der Waals surface area contributed by atoms with Gasteiger partial charge >= 0.3 is 0 Å². The number of H-pyrrole nitrogens is 1. The van der Waals surface area contributed by atoms with Crippen molar-refractivity contribution in [1.82, 2.24) is 10.2 Å². The van der Waals surface area contributed by atoms with Gasteiger partial charge in [-0.05, 0) is 18.2 Å². The van der Waals surface area contributed by atoms with Gasteiger partial charge in [-0.15, -0.1) is 0 Å². The summed E-state index contributed by atoms with van der Waals surface area (Å²) in [5.74, 6) is -1.48. The molecule has 0 aliphatic heterocycles. The highest BCUT2D eigenvalue weighted by Crippen LogP contribution is 2.22. The molecule has 4 nitrogen and oxygen atoms in total. The number of para-hydroxylation sites is 1. The van der Waals surface area contributed by atoms with Gasteiger partial charge in [0, 0.05) is 17.5 Å². The molecule has 1 aromatic heterocycles. The smallest absolute Gasteiger partial charge is 0.132 e. The summed E-state index contributed by atoms with van der Waals surface area (Å²) in [4.78, 5) is 0. The number of anilines is 1. The van der Waals surface area contributed by atoms with Gasteiger partial charge in [0.25, 0.3) is 0 Å². The maximum atomic E-state index is 13.8. The van der Waals surface area contributed by atoms with Crippen molar-refractivity contribution in [1.29, 1.82) is 5.26 Å². The Bertz CT molecular complexity index is 825. The third-order valence-electron chi connectivity index (χ3n) is 3.20. The van der Waals surface area contributed by atoms with E-state index in [1.807, 2.05) is 12.1 Å². The zero-order valence-corrected chi connectivity index (χ0v) is 10.8. The molecule has 0 aliphatic carbocycles. The lowest BCUT2D eigenvalue weighted by Gasteiger charge is -2.09. The Labute approximate surface area is 119 Å². The molecule has 2 N–H and O–H groups in total. The van der Waals surface area contributed by atoms with E-state index in [2.05, 4.69) is 15.5 Å². The topological polar surface area (TPSA) is 64.5 Å². The second-order valence-corrected chi connectivity index (χ2v) is 4.52. The molecule has 3 aromatic rings. The standard InChI is InChI=1S/C15H10F2N4/c16-12-4-9(6-18)5-13(17)11(12)8-19-14-3-1-2-10-7-20-21-15(10)14/h1-5,7,19H,8H2,(H,20,21). The monoisotopic (exact) mass is 284 g/mol. The van der Waals surface area contributed by atoms with Crippen LogP contribution in [-0.4, -0.2) is 10.2 Å². The van der Waals surface area contributed by atoms with Gasteiger partial charge in [-0.2, -0.15) is 10.4 Å². The molecule has 0 radical (unpaired) electrons. The van der Waals surface area contributed by atoms with Gasteiger partial charge in [-0.1, -0.05) is 12.1 Å². The van der Waals surface area contributed by atoms with Crippen molar-refractivity contribution in [3.63, 3.8) is 0 Å². The average molecular weight is 284 g/mol. The van der Waals surface area contributed by atoms with Crippen LogP contribution in [-0.2, 0) is 6.54 Å². The number of rotatable bonds is 3. The molecule has 0 spiro atoms. The number of nitrogens with zero attached hydrogens (tertiary/aromatic N) is 2. The molecule has 1 heterocycles. The zero-order valence-electron chi connectivity index (χ0n) is 10.8. The largest absolute Gasteiger partial charge is 0.379 e. The van der Waals surface area contributed by atoms with Crippen molar-refractivity contribution in [3.8, 4) is 6.07 Å². The zero-order chi connectivity index (χ0) is 14.8. The summed E-state index contributed by atoms with van der Waals surface area (Å²) in [6.07, 6.45) is 1.67. The van der Waals surface area contributed by atoms with E-state index < -0.39 is 11.6 Å². The Morgan fingerprint density at radius 2 is 2.00 bits per heavy atom. The van der Waals surface area contributed by atoms with E-state index in [-0.39, 0.29) is 17.7 Å². The van der Waals surface area contributed by atoms with Crippen molar-refractivity contribution < 1.29 is 8.78 Å². The van der Waals surface area contributed by atoms with E-state index >= 15 is 0 Å². The van der Waals surface area contributed by atoms with Crippen LogP contribution in [0.15, 0.2) is 36.5 Å². The number of aromatic amines is 1. The minimum Gasteiger partial charge on any atom is -0.379 e. The number of hydrogen-bond donors (Lipinski definition) is 2. The fraction of sp³-hybridized carbons (Fsp3) is 0.0667. The van der Waals surface area contributed by atoms with Gasteiger partial charge in [0.05, 0.1) is 29.0 Å². The lowest BCUT2D eigenvalue weighted by molar-refractivity contribution is 0.559. The van der Waals surface area contributed by atoms with Crippen molar-refractivity contribution in [2.75, 3.05) is 5.32 Å². The molecule has 0 saturated heterocycles. The van der Waals surface area contributed by atoms with Gasteiger partial charge in [0.1, 0.15) is 11.6 Å². The third kappa shape index (κ3) is 2.41. The molecule has 0 amide bonds. The number of halogens is 2. The number of aromatic nitrogens is 2. The molecular weight excluding hydrogens is 274 g/mol. The van der Waals surface area contributed by atoms with Crippen molar-refractivity contribution in [3.05, 3.63) is 59.3 Å². The first-order chi connectivity index (χ1) is 10.2. The van der Waals surface area contributed by atoms with Gasteiger partial charge < -0.3 is 5.32 Å². The summed E-state index contributed by atoms with van der Waals surface area (Å²) < 4.78 is 27.6. The Hall–Kier alpha value is -2.94. The molecule has 104 valence electrons. The molecule has 2 aromatic carbocycles. The van der Waals surface area contributed by atoms with E-state index in [1.54, 1.807) is 18.3 Å². The summed E-state index contributed by atoms with van der Waals surface area (Å²) in [7, 11) is 0. The van der Waals surface area contributed by atoms with E-state index in [0.717, 1.165) is 23.0 Å². The Morgan fingerprint density at radius 1 is 1.24 bits per heavy atom. The Morgan fingerprint density at radius 3 is 2.71 bits per heavy atom.